The van der Waals surface area contributed by atoms with Crippen molar-refractivity contribution in [3.63, 3.8) is 0 Å². The predicted octanol–water partition coefficient (Wildman–Crippen LogP) is 1.75. The molecule has 11 heteroatoms. The van der Waals surface area contributed by atoms with E-state index < -0.39 is 46.7 Å². The molecule has 2 aromatic rings. The first kappa shape index (κ1) is 24.0. The summed E-state index contributed by atoms with van der Waals surface area (Å²) in [5.41, 5.74) is 0.532. The zero-order valence-corrected chi connectivity index (χ0v) is 18.2. The van der Waals surface area contributed by atoms with Gasteiger partial charge in [0.25, 0.3) is 5.91 Å². The van der Waals surface area contributed by atoms with Crippen molar-refractivity contribution in [2.24, 2.45) is 5.92 Å². The van der Waals surface area contributed by atoms with Gasteiger partial charge in [-0.2, -0.15) is 5.10 Å². The summed E-state index contributed by atoms with van der Waals surface area (Å²) in [7, 11) is -3.43. The second-order valence-corrected chi connectivity index (χ2v) is 9.87. The number of amides is 1. The molecule has 3 rings (SSSR count). The predicted molar refractivity (Wildman–Crippen MR) is 114 cm³/mol. The average Bonchev–Trinajstić information content (AvgIpc) is 3.30. The van der Waals surface area contributed by atoms with Crippen LogP contribution in [-0.4, -0.2) is 65.6 Å². The highest BCUT2D eigenvalue weighted by Gasteiger charge is 2.34. The summed E-state index contributed by atoms with van der Waals surface area (Å²) in [5.74, 6) is -0.896. The number of halogens is 2. The molecule has 4 atom stereocenters. The minimum atomic E-state index is -3.43. The van der Waals surface area contributed by atoms with Gasteiger partial charge in [-0.1, -0.05) is 18.2 Å². The Morgan fingerprint density at radius 2 is 1.88 bits per heavy atom. The van der Waals surface area contributed by atoms with E-state index in [0.29, 0.717) is 5.56 Å². The fraction of sp³-hybridized carbons (Fsp3) is 0.429. The van der Waals surface area contributed by atoms with Gasteiger partial charge in [-0.25, -0.2) is 17.2 Å². The fourth-order valence-electron chi connectivity index (χ4n) is 3.51. The average molecular weight is 470 g/mol. The van der Waals surface area contributed by atoms with Crippen LogP contribution in [0.1, 0.15) is 18.4 Å². The largest absolute Gasteiger partial charge is 0.394 e. The van der Waals surface area contributed by atoms with Gasteiger partial charge in [0.1, 0.15) is 12.3 Å². The van der Waals surface area contributed by atoms with Crippen LogP contribution in [-0.2, 0) is 21.2 Å². The number of hydrogen-bond acceptors (Lipinski definition) is 6. The van der Waals surface area contributed by atoms with Crippen molar-refractivity contribution in [1.29, 1.82) is 0 Å². The molecule has 1 unspecified atom stereocenters. The summed E-state index contributed by atoms with van der Waals surface area (Å²) in [6, 6.07) is 7.15. The van der Waals surface area contributed by atoms with Crippen molar-refractivity contribution >= 4 is 27.1 Å². The number of aromatic nitrogens is 2. The zero-order valence-electron chi connectivity index (χ0n) is 17.4. The lowest BCUT2D eigenvalue weighted by molar-refractivity contribution is -0.111. The van der Waals surface area contributed by atoms with E-state index in [-0.39, 0.29) is 35.7 Å². The third kappa shape index (κ3) is 5.99. The zero-order chi connectivity index (χ0) is 23.5. The number of nitrogens with one attached hydrogen (secondary N) is 1. The Hall–Kier alpha value is -2.63. The van der Waals surface area contributed by atoms with Gasteiger partial charge < -0.3 is 15.5 Å². The quantitative estimate of drug-likeness (QED) is 0.507. The Morgan fingerprint density at radius 3 is 2.44 bits per heavy atom. The minimum Gasteiger partial charge on any atom is -0.394 e. The first-order chi connectivity index (χ1) is 15.1. The number of rotatable bonds is 8. The van der Waals surface area contributed by atoms with Crippen molar-refractivity contribution in [2.75, 3.05) is 18.2 Å². The molecule has 0 saturated heterocycles. The lowest BCUT2D eigenvalue weighted by Crippen LogP contribution is -2.20. The molecule has 0 bridgehead atoms. The summed E-state index contributed by atoms with van der Waals surface area (Å²) < 4.78 is 52.1. The lowest BCUT2D eigenvalue weighted by Gasteiger charge is -2.12. The molecular weight excluding hydrogens is 444 g/mol. The van der Waals surface area contributed by atoms with E-state index in [9.17, 15) is 27.1 Å². The molecule has 1 heterocycles. The van der Waals surface area contributed by atoms with Crippen LogP contribution >= 0.6 is 0 Å². The Kier molecular flexibility index (Phi) is 7.42. The standard InChI is InChI=1S/C21H25F2N3O5S/c1-32(30,31)16-4-2-14(3-5-16)17(8-13-9-18(22)19(23)10-13)21(29)24-20-6-7-26(25-20)11-15(28)12-27/h2-8,13,15,18-19,27-28H,9-12H2,1H3,(H,24,25,29)/t13?,15-,18-,19+/m1/s1. The molecule has 0 radical (unpaired) electrons. The van der Waals surface area contributed by atoms with Crippen LogP contribution in [0, 0.1) is 5.92 Å². The Morgan fingerprint density at radius 1 is 1.25 bits per heavy atom. The van der Waals surface area contributed by atoms with Crippen LogP contribution in [0.15, 0.2) is 47.5 Å². The first-order valence-corrected chi connectivity index (χ1v) is 11.9. The van der Waals surface area contributed by atoms with E-state index in [4.69, 9.17) is 5.11 Å². The Balaban J connectivity index is 1.86. The monoisotopic (exact) mass is 469 g/mol. The summed E-state index contributed by atoms with van der Waals surface area (Å²) in [6.45, 7) is -0.412. The Labute approximate surface area is 184 Å². The minimum absolute atomic E-state index is 0.0277. The number of allylic oxidation sites excluding steroid dienone is 1. The molecule has 8 nitrogen and oxygen atoms in total. The number of aliphatic hydroxyl groups is 2. The molecule has 32 heavy (non-hydrogen) atoms. The van der Waals surface area contributed by atoms with Crippen LogP contribution in [0.3, 0.4) is 0 Å². The van der Waals surface area contributed by atoms with Crippen molar-refractivity contribution < 1.29 is 32.2 Å². The molecule has 3 N–H and O–H groups in total. The smallest absolute Gasteiger partial charge is 0.257 e. The Bertz CT molecular complexity index is 1080. The van der Waals surface area contributed by atoms with Crippen molar-refractivity contribution in [2.45, 2.75) is 42.7 Å². The summed E-state index contributed by atoms with van der Waals surface area (Å²) in [4.78, 5) is 13.1. The van der Waals surface area contributed by atoms with Gasteiger partial charge >= 0.3 is 0 Å². The van der Waals surface area contributed by atoms with Gasteiger partial charge in [0.15, 0.2) is 15.7 Å². The first-order valence-electron chi connectivity index (χ1n) is 10.0. The maximum atomic E-state index is 13.7. The highest BCUT2D eigenvalue weighted by atomic mass is 32.2. The van der Waals surface area contributed by atoms with Gasteiger partial charge in [-0.3, -0.25) is 9.48 Å². The fourth-order valence-corrected chi connectivity index (χ4v) is 4.14. The van der Waals surface area contributed by atoms with Crippen molar-refractivity contribution in [3.05, 3.63) is 48.2 Å². The number of carbonyl (C=O) groups excluding carboxylic acids is 1. The highest BCUT2D eigenvalue weighted by molar-refractivity contribution is 7.90. The summed E-state index contributed by atoms with van der Waals surface area (Å²) in [5, 5.41) is 25.1. The van der Waals surface area contributed by atoms with E-state index in [2.05, 4.69) is 10.4 Å². The normalized spacial score (nSPS) is 22.7. The number of benzene rings is 1. The molecule has 1 aromatic carbocycles. The number of alkyl halides is 2. The van der Waals surface area contributed by atoms with E-state index in [1.165, 1.54) is 47.3 Å². The molecule has 1 fully saturated rings. The second-order valence-electron chi connectivity index (χ2n) is 7.85. The molecule has 1 aromatic heterocycles. The highest BCUT2D eigenvalue weighted by Crippen LogP contribution is 2.34. The molecule has 1 aliphatic rings. The number of nitrogens with zero attached hydrogens (tertiary/aromatic N) is 2. The number of anilines is 1. The number of aliphatic hydroxyl groups excluding tert-OH is 2. The van der Waals surface area contributed by atoms with Crippen molar-refractivity contribution in [3.8, 4) is 0 Å². The third-order valence-corrected chi connectivity index (χ3v) is 6.31. The van der Waals surface area contributed by atoms with Crippen molar-refractivity contribution in [1.82, 2.24) is 9.78 Å². The van der Waals surface area contributed by atoms with Gasteiger partial charge in [-0.05, 0) is 36.5 Å². The van der Waals surface area contributed by atoms with Gasteiger partial charge in [-0.15, -0.1) is 0 Å². The van der Waals surface area contributed by atoms with Crippen LogP contribution in [0.2, 0.25) is 0 Å². The van der Waals surface area contributed by atoms with Crippen LogP contribution in [0.25, 0.3) is 5.57 Å². The van der Waals surface area contributed by atoms with Crippen LogP contribution in [0.5, 0.6) is 0 Å². The third-order valence-electron chi connectivity index (χ3n) is 5.18. The molecular formula is C21H25F2N3O5S. The molecule has 0 spiro atoms. The van der Waals surface area contributed by atoms with Crippen LogP contribution < -0.4 is 5.32 Å². The van der Waals surface area contributed by atoms with E-state index in [1.54, 1.807) is 0 Å². The number of hydrogen-bond donors (Lipinski definition) is 3. The molecule has 174 valence electrons. The summed E-state index contributed by atoms with van der Waals surface area (Å²) in [6.07, 6.45) is -0.215. The van der Waals surface area contributed by atoms with Gasteiger partial charge in [0.05, 0.1) is 24.2 Å². The topological polar surface area (TPSA) is 122 Å². The summed E-state index contributed by atoms with van der Waals surface area (Å²) >= 11 is 0. The second kappa shape index (κ2) is 9.88. The molecule has 0 aliphatic heterocycles. The molecule has 1 amide bonds. The van der Waals surface area contributed by atoms with Gasteiger partial charge in [0.2, 0.25) is 0 Å². The molecule has 1 aliphatic carbocycles. The van der Waals surface area contributed by atoms with E-state index in [0.717, 1.165) is 6.26 Å². The van der Waals surface area contributed by atoms with Crippen LogP contribution in [0.4, 0.5) is 14.6 Å². The number of sulfone groups is 1. The maximum Gasteiger partial charge on any atom is 0.257 e. The number of carbonyl (C=O) groups is 1. The van der Waals surface area contributed by atoms with E-state index in [1.807, 2.05) is 0 Å². The van der Waals surface area contributed by atoms with E-state index >= 15 is 0 Å². The van der Waals surface area contributed by atoms with Gasteiger partial charge in [0, 0.05) is 24.1 Å². The SMILES string of the molecule is CS(=O)(=O)c1ccc(C(=CC2C[C@@H](F)[C@@H](F)C2)C(=O)Nc2ccn(C[C@@H](O)CO)n2)cc1. The lowest BCUT2D eigenvalue weighted by atomic mass is 9.98. The molecule has 1 saturated carbocycles. The maximum absolute atomic E-state index is 13.7.